The molecule has 9 heteroatoms. The highest BCUT2D eigenvalue weighted by atomic mass is 35.5. The molecule has 1 amide bonds. The van der Waals surface area contributed by atoms with Crippen LogP contribution >= 0.6 is 35.0 Å². The number of halogens is 4. The van der Waals surface area contributed by atoms with E-state index in [9.17, 15) is 13.6 Å². The van der Waals surface area contributed by atoms with Crippen LogP contribution in [0.1, 0.15) is 10.4 Å². The standard InChI is InChI=1S/C17H11Cl2F2N3OS/c1-24-5-4-22-17(24)26-15-3-2-9(18)6-14(15)23-16(25)10-7-12(20)13(21)8-11(10)19/h2-8H,1H3,(H,23,25). The Bertz CT molecular complexity index is 994. The highest BCUT2D eigenvalue weighted by Gasteiger charge is 2.17. The molecule has 0 saturated heterocycles. The predicted molar refractivity (Wildman–Crippen MR) is 98.1 cm³/mol. The summed E-state index contributed by atoms with van der Waals surface area (Å²) in [6.45, 7) is 0. The number of rotatable bonds is 4. The van der Waals surface area contributed by atoms with E-state index in [4.69, 9.17) is 23.2 Å². The molecule has 1 N–H and O–H groups in total. The number of hydrogen-bond donors (Lipinski definition) is 1. The smallest absolute Gasteiger partial charge is 0.257 e. The number of carbonyl (C=O) groups is 1. The summed E-state index contributed by atoms with van der Waals surface area (Å²) >= 11 is 13.2. The van der Waals surface area contributed by atoms with Crippen molar-refractivity contribution in [1.82, 2.24) is 9.55 Å². The molecular formula is C17H11Cl2F2N3OS. The van der Waals surface area contributed by atoms with Crippen LogP contribution in [0.5, 0.6) is 0 Å². The van der Waals surface area contributed by atoms with Crippen molar-refractivity contribution in [2.75, 3.05) is 5.32 Å². The zero-order valence-electron chi connectivity index (χ0n) is 13.3. The number of aryl methyl sites for hydroxylation is 1. The summed E-state index contributed by atoms with van der Waals surface area (Å²) in [5, 5.41) is 3.55. The van der Waals surface area contributed by atoms with Crippen molar-refractivity contribution in [3.63, 3.8) is 0 Å². The minimum Gasteiger partial charge on any atom is -0.329 e. The number of carbonyl (C=O) groups excluding carboxylic acids is 1. The Hall–Kier alpha value is -2.09. The van der Waals surface area contributed by atoms with Crippen LogP contribution < -0.4 is 5.32 Å². The van der Waals surface area contributed by atoms with Gasteiger partial charge in [0.05, 0.1) is 16.3 Å². The van der Waals surface area contributed by atoms with Gasteiger partial charge in [-0.1, -0.05) is 23.2 Å². The largest absolute Gasteiger partial charge is 0.329 e. The summed E-state index contributed by atoms with van der Waals surface area (Å²) in [7, 11) is 1.84. The van der Waals surface area contributed by atoms with Crippen LogP contribution in [0, 0.1) is 11.6 Å². The summed E-state index contributed by atoms with van der Waals surface area (Å²) in [6.07, 6.45) is 3.44. The Kier molecular flexibility index (Phi) is 5.50. The number of anilines is 1. The molecule has 0 saturated carbocycles. The van der Waals surface area contributed by atoms with Crippen LogP contribution in [0.3, 0.4) is 0 Å². The molecule has 0 aliphatic heterocycles. The minimum absolute atomic E-state index is 0.182. The molecule has 3 aromatic rings. The van der Waals surface area contributed by atoms with Crippen molar-refractivity contribution in [2.24, 2.45) is 7.05 Å². The molecule has 0 fully saturated rings. The van der Waals surface area contributed by atoms with Crippen LogP contribution in [0.2, 0.25) is 10.0 Å². The maximum Gasteiger partial charge on any atom is 0.257 e. The Balaban J connectivity index is 1.92. The Morgan fingerprint density at radius 3 is 2.62 bits per heavy atom. The molecule has 26 heavy (non-hydrogen) atoms. The molecular weight excluding hydrogens is 403 g/mol. The summed E-state index contributed by atoms with van der Waals surface area (Å²) in [5.74, 6) is -2.97. The topological polar surface area (TPSA) is 46.9 Å². The van der Waals surface area contributed by atoms with E-state index >= 15 is 0 Å². The first-order valence-corrected chi connectivity index (χ1v) is 8.83. The van der Waals surface area contributed by atoms with Gasteiger partial charge in [0.1, 0.15) is 0 Å². The van der Waals surface area contributed by atoms with Gasteiger partial charge in [-0.05, 0) is 42.1 Å². The monoisotopic (exact) mass is 413 g/mol. The molecule has 0 radical (unpaired) electrons. The lowest BCUT2D eigenvalue weighted by molar-refractivity contribution is 0.102. The van der Waals surface area contributed by atoms with Crippen LogP contribution in [-0.2, 0) is 7.05 Å². The molecule has 0 aliphatic carbocycles. The van der Waals surface area contributed by atoms with E-state index in [0.717, 1.165) is 12.1 Å². The lowest BCUT2D eigenvalue weighted by Crippen LogP contribution is -2.14. The minimum atomic E-state index is -1.16. The van der Waals surface area contributed by atoms with Gasteiger partial charge in [-0.3, -0.25) is 4.79 Å². The van der Waals surface area contributed by atoms with Gasteiger partial charge in [0.2, 0.25) is 0 Å². The number of nitrogens with zero attached hydrogens (tertiary/aromatic N) is 2. The molecule has 1 aromatic heterocycles. The van der Waals surface area contributed by atoms with Gasteiger partial charge in [0, 0.05) is 29.4 Å². The fourth-order valence-corrected chi connectivity index (χ4v) is 3.40. The molecule has 2 aromatic carbocycles. The van der Waals surface area contributed by atoms with Gasteiger partial charge in [-0.15, -0.1) is 0 Å². The van der Waals surface area contributed by atoms with Crippen molar-refractivity contribution in [3.05, 3.63) is 70.0 Å². The fraction of sp³-hybridized carbons (Fsp3) is 0.0588. The van der Waals surface area contributed by atoms with Crippen LogP contribution in [0.25, 0.3) is 0 Å². The second kappa shape index (κ2) is 7.65. The first-order valence-electron chi connectivity index (χ1n) is 7.26. The number of amides is 1. The van der Waals surface area contributed by atoms with Gasteiger partial charge in [0.25, 0.3) is 5.91 Å². The van der Waals surface area contributed by atoms with E-state index in [1.165, 1.54) is 11.8 Å². The van der Waals surface area contributed by atoms with Gasteiger partial charge < -0.3 is 9.88 Å². The van der Waals surface area contributed by atoms with E-state index in [-0.39, 0.29) is 10.6 Å². The fourth-order valence-electron chi connectivity index (χ4n) is 2.12. The van der Waals surface area contributed by atoms with Crippen molar-refractivity contribution in [2.45, 2.75) is 10.1 Å². The first kappa shape index (κ1) is 18.7. The van der Waals surface area contributed by atoms with Crippen molar-refractivity contribution in [1.29, 1.82) is 0 Å². The van der Waals surface area contributed by atoms with Gasteiger partial charge in [-0.2, -0.15) is 0 Å². The van der Waals surface area contributed by atoms with E-state index in [1.54, 1.807) is 30.6 Å². The molecule has 4 nitrogen and oxygen atoms in total. The van der Waals surface area contributed by atoms with Crippen LogP contribution in [0.4, 0.5) is 14.5 Å². The highest BCUT2D eigenvalue weighted by Crippen LogP contribution is 2.34. The van der Waals surface area contributed by atoms with Gasteiger partial charge in [0.15, 0.2) is 16.8 Å². The first-order chi connectivity index (χ1) is 12.3. The Morgan fingerprint density at radius 1 is 1.19 bits per heavy atom. The van der Waals surface area contributed by atoms with E-state index in [1.807, 2.05) is 11.6 Å². The normalized spacial score (nSPS) is 10.8. The maximum atomic E-state index is 13.4. The molecule has 0 bridgehead atoms. The molecule has 0 spiro atoms. The molecule has 0 atom stereocenters. The van der Waals surface area contributed by atoms with E-state index in [0.29, 0.717) is 20.8 Å². The number of imidazole rings is 1. The average Bonchev–Trinajstić information content (AvgIpc) is 2.98. The molecule has 0 unspecified atom stereocenters. The third kappa shape index (κ3) is 4.00. The average molecular weight is 414 g/mol. The van der Waals surface area contributed by atoms with Crippen molar-refractivity contribution in [3.8, 4) is 0 Å². The summed E-state index contributed by atoms with van der Waals surface area (Å²) in [4.78, 5) is 17.4. The molecule has 3 rings (SSSR count). The van der Waals surface area contributed by atoms with Gasteiger partial charge in [-0.25, -0.2) is 13.8 Å². The molecule has 1 heterocycles. The van der Waals surface area contributed by atoms with Crippen LogP contribution in [0.15, 0.2) is 52.8 Å². The highest BCUT2D eigenvalue weighted by molar-refractivity contribution is 7.99. The summed E-state index contributed by atoms with van der Waals surface area (Å²) in [5.41, 5.74) is 0.217. The number of benzene rings is 2. The quantitative estimate of drug-likeness (QED) is 0.581. The Labute approximate surface area is 162 Å². The van der Waals surface area contributed by atoms with Gasteiger partial charge >= 0.3 is 0 Å². The zero-order chi connectivity index (χ0) is 18.8. The van der Waals surface area contributed by atoms with Crippen LogP contribution in [-0.4, -0.2) is 15.5 Å². The third-order valence-electron chi connectivity index (χ3n) is 3.42. The number of aromatic nitrogens is 2. The maximum absolute atomic E-state index is 13.4. The second-order valence-corrected chi connectivity index (χ2v) is 7.12. The predicted octanol–water partition coefficient (Wildman–Crippen LogP) is 5.41. The third-order valence-corrected chi connectivity index (χ3v) is 5.12. The van der Waals surface area contributed by atoms with Crippen molar-refractivity contribution < 1.29 is 13.6 Å². The SMILES string of the molecule is Cn1ccnc1Sc1ccc(Cl)cc1NC(=O)c1cc(F)c(F)cc1Cl. The lowest BCUT2D eigenvalue weighted by atomic mass is 10.2. The van der Waals surface area contributed by atoms with E-state index < -0.39 is 17.5 Å². The number of nitrogens with one attached hydrogen (secondary N) is 1. The zero-order valence-corrected chi connectivity index (χ0v) is 15.6. The lowest BCUT2D eigenvalue weighted by Gasteiger charge is -2.12. The molecule has 0 aliphatic rings. The summed E-state index contributed by atoms with van der Waals surface area (Å²) < 4.78 is 28.5. The number of hydrogen-bond acceptors (Lipinski definition) is 3. The second-order valence-electron chi connectivity index (χ2n) is 5.26. The summed E-state index contributed by atoms with van der Waals surface area (Å²) in [6, 6.07) is 6.46. The van der Waals surface area contributed by atoms with E-state index in [2.05, 4.69) is 10.3 Å². The Morgan fingerprint density at radius 2 is 1.92 bits per heavy atom. The van der Waals surface area contributed by atoms with Crippen molar-refractivity contribution >= 4 is 46.6 Å². The molecule has 134 valence electrons.